The van der Waals surface area contributed by atoms with Crippen LogP contribution in [-0.2, 0) is 16.0 Å². The third-order valence-electron chi connectivity index (χ3n) is 4.82. The second-order valence-electron chi connectivity index (χ2n) is 6.31. The Balaban J connectivity index is 1.80. The number of aliphatic hydroxyl groups excluding tert-OH is 1. The highest BCUT2D eigenvalue weighted by Gasteiger charge is 2.40. The number of carbonyl (C=O) groups is 2. The maximum absolute atomic E-state index is 12.8. The number of likely N-dealkylation sites (tertiary alicyclic amines) is 1. The number of hydrogen-bond donors (Lipinski definition) is 1. The van der Waals surface area contributed by atoms with E-state index in [2.05, 4.69) is 0 Å². The normalized spacial score (nSPS) is 25.2. The van der Waals surface area contributed by atoms with Gasteiger partial charge in [0.15, 0.2) is 0 Å². The number of para-hydroxylation sites is 1. The minimum Gasteiger partial charge on any atom is -0.393 e. The van der Waals surface area contributed by atoms with Crippen molar-refractivity contribution >= 4 is 17.5 Å². The molecule has 3 atom stereocenters. The van der Waals surface area contributed by atoms with Crippen molar-refractivity contribution < 1.29 is 14.7 Å². The predicted octanol–water partition coefficient (Wildman–Crippen LogP) is 1.19. The molecule has 0 aromatic heterocycles. The van der Waals surface area contributed by atoms with Crippen LogP contribution in [0.2, 0.25) is 0 Å². The fourth-order valence-corrected chi connectivity index (χ4v) is 3.56. The first-order chi connectivity index (χ1) is 10.5. The van der Waals surface area contributed by atoms with Crippen molar-refractivity contribution in [2.45, 2.75) is 38.8 Å². The molecule has 2 aliphatic heterocycles. The summed E-state index contributed by atoms with van der Waals surface area (Å²) < 4.78 is 0. The molecule has 2 aliphatic rings. The van der Waals surface area contributed by atoms with Crippen molar-refractivity contribution in [1.29, 1.82) is 0 Å². The van der Waals surface area contributed by atoms with Crippen molar-refractivity contribution in [2.24, 2.45) is 5.92 Å². The van der Waals surface area contributed by atoms with Crippen molar-refractivity contribution in [3.05, 3.63) is 29.8 Å². The number of aliphatic hydroxyl groups is 1. The minimum absolute atomic E-state index is 0.00505. The molecule has 118 valence electrons. The van der Waals surface area contributed by atoms with Crippen LogP contribution >= 0.6 is 0 Å². The molecule has 0 radical (unpaired) electrons. The van der Waals surface area contributed by atoms with Crippen molar-refractivity contribution in [3.63, 3.8) is 0 Å². The Kier molecular flexibility index (Phi) is 3.91. The van der Waals surface area contributed by atoms with Crippen molar-refractivity contribution in [1.82, 2.24) is 4.90 Å². The second kappa shape index (κ2) is 5.72. The molecule has 1 aromatic rings. The van der Waals surface area contributed by atoms with E-state index in [1.54, 1.807) is 16.7 Å². The van der Waals surface area contributed by atoms with E-state index in [0.717, 1.165) is 17.7 Å². The van der Waals surface area contributed by atoms with Gasteiger partial charge in [0.2, 0.25) is 11.8 Å². The third-order valence-corrected chi connectivity index (χ3v) is 4.82. The Morgan fingerprint density at radius 3 is 2.68 bits per heavy atom. The number of benzene rings is 1. The van der Waals surface area contributed by atoms with Crippen LogP contribution < -0.4 is 4.90 Å². The molecule has 0 spiro atoms. The zero-order chi connectivity index (χ0) is 15.9. The van der Waals surface area contributed by atoms with E-state index >= 15 is 0 Å². The first-order valence-corrected chi connectivity index (χ1v) is 7.83. The van der Waals surface area contributed by atoms with Gasteiger partial charge < -0.3 is 10.0 Å². The van der Waals surface area contributed by atoms with Crippen LogP contribution in [0.4, 0.5) is 5.69 Å². The topological polar surface area (TPSA) is 60.9 Å². The highest BCUT2D eigenvalue weighted by Crippen LogP contribution is 2.33. The van der Waals surface area contributed by atoms with Gasteiger partial charge in [-0.2, -0.15) is 0 Å². The Bertz CT molecular complexity index is 599. The quantitative estimate of drug-likeness (QED) is 0.893. The first kappa shape index (κ1) is 15.0. The number of nitrogens with zero attached hydrogens (tertiary/aromatic N) is 2. The molecule has 2 unspecified atom stereocenters. The van der Waals surface area contributed by atoms with Crippen molar-refractivity contribution in [3.8, 4) is 0 Å². The monoisotopic (exact) mass is 302 g/mol. The van der Waals surface area contributed by atoms with Gasteiger partial charge in [0.25, 0.3) is 0 Å². The fourth-order valence-electron chi connectivity index (χ4n) is 3.56. The number of hydrogen-bond acceptors (Lipinski definition) is 3. The lowest BCUT2D eigenvalue weighted by atomic mass is 10.0. The summed E-state index contributed by atoms with van der Waals surface area (Å²) in [5, 5.41) is 9.70. The molecule has 1 aromatic carbocycles. The van der Waals surface area contributed by atoms with E-state index in [9.17, 15) is 14.7 Å². The van der Waals surface area contributed by atoms with Crippen LogP contribution in [0.15, 0.2) is 24.3 Å². The molecule has 0 saturated carbocycles. The van der Waals surface area contributed by atoms with Gasteiger partial charge >= 0.3 is 0 Å². The van der Waals surface area contributed by atoms with Crippen LogP contribution in [0, 0.1) is 5.92 Å². The lowest BCUT2D eigenvalue weighted by Crippen LogP contribution is -2.48. The van der Waals surface area contributed by atoms with Gasteiger partial charge in [-0.1, -0.05) is 18.2 Å². The van der Waals surface area contributed by atoms with Gasteiger partial charge in [-0.25, -0.2) is 0 Å². The highest BCUT2D eigenvalue weighted by molar-refractivity contribution is 6.02. The van der Waals surface area contributed by atoms with Crippen LogP contribution in [0.25, 0.3) is 0 Å². The van der Waals surface area contributed by atoms with E-state index in [0.29, 0.717) is 19.5 Å². The summed E-state index contributed by atoms with van der Waals surface area (Å²) >= 11 is 0. The highest BCUT2D eigenvalue weighted by atomic mass is 16.3. The minimum atomic E-state index is -0.442. The van der Waals surface area contributed by atoms with E-state index in [4.69, 9.17) is 0 Å². The van der Waals surface area contributed by atoms with Gasteiger partial charge in [0, 0.05) is 38.0 Å². The molecule has 22 heavy (non-hydrogen) atoms. The summed E-state index contributed by atoms with van der Waals surface area (Å²) in [6.45, 7) is 4.51. The molecular weight excluding hydrogens is 280 g/mol. The Labute approximate surface area is 130 Å². The van der Waals surface area contributed by atoms with Crippen LogP contribution in [0.1, 0.15) is 25.8 Å². The van der Waals surface area contributed by atoms with Gasteiger partial charge in [-0.05, 0) is 25.0 Å². The van der Waals surface area contributed by atoms with E-state index in [1.165, 1.54) is 6.92 Å². The Hall–Kier alpha value is -1.88. The summed E-state index contributed by atoms with van der Waals surface area (Å²) in [6.07, 6.45) is 0.996. The maximum Gasteiger partial charge on any atom is 0.246 e. The van der Waals surface area contributed by atoms with Gasteiger partial charge in [-0.15, -0.1) is 0 Å². The molecule has 2 amide bonds. The summed E-state index contributed by atoms with van der Waals surface area (Å²) in [4.78, 5) is 28.3. The van der Waals surface area contributed by atoms with E-state index in [-0.39, 0.29) is 17.7 Å². The molecule has 3 rings (SSSR count). The molecule has 0 aliphatic carbocycles. The lowest BCUT2D eigenvalue weighted by Gasteiger charge is -2.27. The zero-order valence-electron chi connectivity index (χ0n) is 13.0. The summed E-state index contributed by atoms with van der Waals surface area (Å²) in [5.74, 6) is 0.0302. The smallest absolute Gasteiger partial charge is 0.246 e. The Morgan fingerprint density at radius 1 is 1.32 bits per heavy atom. The van der Waals surface area contributed by atoms with Gasteiger partial charge in [0.1, 0.15) is 6.04 Å². The largest absolute Gasteiger partial charge is 0.393 e. The number of anilines is 1. The SMILES string of the molecule is CC(=O)N1c2ccccc2C[C@H]1C(=O)N1CCC(C(C)O)C1. The van der Waals surface area contributed by atoms with Gasteiger partial charge in [-0.3, -0.25) is 14.5 Å². The Morgan fingerprint density at radius 2 is 2.05 bits per heavy atom. The van der Waals surface area contributed by atoms with Crippen LogP contribution in [0.5, 0.6) is 0 Å². The predicted molar refractivity (Wildman–Crippen MR) is 83.5 cm³/mol. The fraction of sp³-hybridized carbons (Fsp3) is 0.529. The number of amides is 2. The second-order valence-corrected chi connectivity index (χ2v) is 6.31. The molecule has 1 N–H and O–H groups in total. The molecule has 0 bridgehead atoms. The van der Waals surface area contributed by atoms with Crippen molar-refractivity contribution in [2.75, 3.05) is 18.0 Å². The number of carbonyl (C=O) groups excluding carboxylic acids is 2. The van der Waals surface area contributed by atoms with Gasteiger partial charge in [0.05, 0.1) is 6.10 Å². The average Bonchev–Trinajstić information content (AvgIpc) is 3.11. The number of rotatable bonds is 2. The number of fused-ring (bicyclic) bond motifs is 1. The third kappa shape index (κ3) is 2.50. The maximum atomic E-state index is 12.8. The molecule has 5 heteroatoms. The first-order valence-electron chi connectivity index (χ1n) is 7.83. The zero-order valence-corrected chi connectivity index (χ0v) is 13.0. The summed E-state index contributed by atoms with van der Waals surface area (Å²) in [5.41, 5.74) is 1.89. The lowest BCUT2D eigenvalue weighted by molar-refractivity contribution is -0.133. The van der Waals surface area contributed by atoms with E-state index in [1.807, 2.05) is 24.3 Å². The van der Waals surface area contributed by atoms with Crippen LogP contribution in [0.3, 0.4) is 0 Å². The molecule has 1 fully saturated rings. The van der Waals surface area contributed by atoms with Crippen LogP contribution in [-0.4, -0.2) is 47.1 Å². The standard InChI is InChI=1S/C17H22N2O3/c1-11(20)14-7-8-18(10-14)17(22)16-9-13-5-3-4-6-15(13)19(16)12(2)21/h3-6,11,14,16,20H,7-10H2,1-2H3/t11?,14?,16-/m0/s1. The molecule has 5 nitrogen and oxygen atoms in total. The summed E-state index contributed by atoms with van der Waals surface area (Å²) in [6, 6.07) is 7.25. The molecule has 1 saturated heterocycles. The van der Waals surface area contributed by atoms with E-state index < -0.39 is 12.1 Å². The molecule has 2 heterocycles. The molecular formula is C17H22N2O3. The average molecular weight is 302 g/mol. The summed E-state index contributed by atoms with van der Waals surface area (Å²) in [7, 11) is 0.